The number of amides is 2. The van der Waals surface area contributed by atoms with Gasteiger partial charge in [0.2, 0.25) is 11.8 Å². The van der Waals surface area contributed by atoms with Crippen LogP contribution in [0.25, 0.3) is 0 Å². The molecule has 4 nitrogen and oxygen atoms in total. The van der Waals surface area contributed by atoms with Crippen LogP contribution in [0.5, 0.6) is 0 Å². The van der Waals surface area contributed by atoms with Crippen LogP contribution in [0.1, 0.15) is 19.4 Å². The zero-order chi connectivity index (χ0) is 15.1. The molecular weight excluding hydrogens is 340 g/mol. The lowest BCUT2D eigenvalue weighted by Gasteiger charge is -2.13. The highest BCUT2D eigenvalue weighted by atomic mass is 79.9. The van der Waals surface area contributed by atoms with Crippen LogP contribution in [-0.4, -0.2) is 30.2 Å². The Hall–Kier alpha value is -1.01. The molecule has 0 saturated carbocycles. The van der Waals surface area contributed by atoms with E-state index in [0.29, 0.717) is 12.3 Å². The predicted molar refractivity (Wildman–Crippen MR) is 85.9 cm³/mol. The first-order chi connectivity index (χ1) is 9.43. The molecule has 0 bridgehead atoms. The molecule has 0 heterocycles. The van der Waals surface area contributed by atoms with Crippen LogP contribution < -0.4 is 10.6 Å². The molecule has 2 N–H and O–H groups in total. The van der Waals surface area contributed by atoms with Crippen molar-refractivity contribution in [1.82, 2.24) is 10.6 Å². The molecular formula is C14H19BrN2O2S. The van der Waals surface area contributed by atoms with Crippen molar-refractivity contribution in [2.75, 3.05) is 12.3 Å². The molecule has 1 aromatic rings. The summed E-state index contributed by atoms with van der Waals surface area (Å²) in [5.41, 5.74) is 1.12. The number of nitrogens with one attached hydrogen (secondary N) is 2. The van der Waals surface area contributed by atoms with Crippen molar-refractivity contribution in [2.24, 2.45) is 0 Å². The molecule has 1 atom stereocenters. The Morgan fingerprint density at radius 1 is 1.40 bits per heavy atom. The molecule has 0 saturated heterocycles. The number of thioether (sulfide) groups is 1. The van der Waals surface area contributed by atoms with Gasteiger partial charge in [0.15, 0.2) is 0 Å². The highest BCUT2D eigenvalue weighted by Gasteiger charge is 2.14. The smallest absolute Gasteiger partial charge is 0.242 e. The molecule has 0 unspecified atom stereocenters. The third kappa shape index (κ3) is 5.54. The second kappa shape index (κ2) is 8.32. The molecule has 0 radical (unpaired) electrons. The van der Waals surface area contributed by atoms with Gasteiger partial charge in [0, 0.05) is 15.9 Å². The minimum absolute atomic E-state index is 0.143. The Labute approximate surface area is 132 Å². The third-order valence-corrected chi connectivity index (χ3v) is 4.29. The fourth-order valence-electron chi connectivity index (χ4n) is 1.59. The standard InChI is InChI=1S/C14H19BrN2O2S/c1-4-16-14(19)10(3)17-13(18)8-20-12-6-5-11(15)7-9(12)2/h5-7,10H,4,8H2,1-3H3,(H,16,19)(H,17,18)/t10-/m1/s1. The number of rotatable bonds is 6. The zero-order valence-electron chi connectivity index (χ0n) is 11.8. The van der Waals surface area contributed by atoms with E-state index in [1.54, 1.807) is 6.92 Å². The van der Waals surface area contributed by atoms with Gasteiger partial charge in [-0.1, -0.05) is 15.9 Å². The Kier molecular flexibility index (Phi) is 7.09. The van der Waals surface area contributed by atoms with Gasteiger partial charge in [-0.15, -0.1) is 11.8 Å². The van der Waals surface area contributed by atoms with Gasteiger partial charge in [-0.25, -0.2) is 0 Å². The van der Waals surface area contributed by atoms with Gasteiger partial charge in [-0.2, -0.15) is 0 Å². The molecule has 0 fully saturated rings. The Bertz CT molecular complexity index is 494. The van der Waals surface area contributed by atoms with E-state index in [1.165, 1.54) is 11.8 Å². The van der Waals surface area contributed by atoms with E-state index in [9.17, 15) is 9.59 Å². The number of aryl methyl sites for hydroxylation is 1. The van der Waals surface area contributed by atoms with Crippen LogP contribution in [0.15, 0.2) is 27.6 Å². The van der Waals surface area contributed by atoms with Crippen LogP contribution in [0, 0.1) is 6.92 Å². The van der Waals surface area contributed by atoms with E-state index < -0.39 is 6.04 Å². The molecule has 0 aliphatic carbocycles. The molecule has 1 aromatic carbocycles. The maximum absolute atomic E-state index is 11.8. The Balaban J connectivity index is 2.45. The SMILES string of the molecule is CCNC(=O)[C@@H](C)NC(=O)CSc1ccc(Br)cc1C. The maximum Gasteiger partial charge on any atom is 0.242 e. The van der Waals surface area contributed by atoms with Crippen LogP contribution in [0.4, 0.5) is 0 Å². The molecule has 110 valence electrons. The number of likely N-dealkylation sites (N-methyl/N-ethyl adjacent to an activating group) is 1. The van der Waals surface area contributed by atoms with Crippen molar-refractivity contribution in [1.29, 1.82) is 0 Å². The van der Waals surface area contributed by atoms with E-state index in [1.807, 2.05) is 32.0 Å². The van der Waals surface area contributed by atoms with Crippen LogP contribution in [0.2, 0.25) is 0 Å². The minimum atomic E-state index is -0.505. The zero-order valence-corrected chi connectivity index (χ0v) is 14.2. The highest BCUT2D eigenvalue weighted by Crippen LogP contribution is 2.25. The monoisotopic (exact) mass is 358 g/mol. The molecule has 20 heavy (non-hydrogen) atoms. The van der Waals surface area contributed by atoms with Crippen molar-refractivity contribution in [3.63, 3.8) is 0 Å². The second-order valence-corrected chi connectivity index (χ2v) is 6.32. The largest absolute Gasteiger partial charge is 0.355 e. The van der Waals surface area contributed by atoms with Crippen LogP contribution in [0.3, 0.4) is 0 Å². The second-order valence-electron chi connectivity index (χ2n) is 4.38. The summed E-state index contributed by atoms with van der Waals surface area (Å²) in [4.78, 5) is 24.4. The summed E-state index contributed by atoms with van der Waals surface area (Å²) in [6, 6.07) is 5.43. The molecule has 6 heteroatoms. The minimum Gasteiger partial charge on any atom is -0.355 e. The molecule has 0 spiro atoms. The molecule has 1 rings (SSSR count). The summed E-state index contributed by atoms with van der Waals surface area (Å²) in [6.45, 7) is 6.09. The highest BCUT2D eigenvalue weighted by molar-refractivity contribution is 9.10. The lowest BCUT2D eigenvalue weighted by molar-refractivity contribution is -0.127. The van der Waals surface area contributed by atoms with Gasteiger partial charge >= 0.3 is 0 Å². The van der Waals surface area contributed by atoms with Crippen LogP contribution in [-0.2, 0) is 9.59 Å². The summed E-state index contributed by atoms with van der Waals surface area (Å²) >= 11 is 4.87. The molecule has 0 aromatic heterocycles. The lowest BCUT2D eigenvalue weighted by atomic mass is 10.2. The first kappa shape index (κ1) is 17.0. The summed E-state index contributed by atoms with van der Waals surface area (Å²) in [7, 11) is 0. The quantitative estimate of drug-likeness (QED) is 0.768. The topological polar surface area (TPSA) is 58.2 Å². The Morgan fingerprint density at radius 2 is 2.10 bits per heavy atom. The third-order valence-electron chi connectivity index (χ3n) is 2.62. The van der Waals surface area contributed by atoms with E-state index in [2.05, 4.69) is 26.6 Å². The van der Waals surface area contributed by atoms with Crippen molar-refractivity contribution >= 4 is 39.5 Å². The molecule has 0 aliphatic heterocycles. The van der Waals surface area contributed by atoms with Gasteiger partial charge in [0.1, 0.15) is 6.04 Å². The normalized spacial score (nSPS) is 11.8. The maximum atomic E-state index is 11.8. The first-order valence-corrected chi connectivity index (χ1v) is 8.18. The summed E-state index contributed by atoms with van der Waals surface area (Å²) in [5, 5.41) is 5.36. The summed E-state index contributed by atoms with van der Waals surface area (Å²) < 4.78 is 1.02. The first-order valence-electron chi connectivity index (χ1n) is 6.40. The van der Waals surface area contributed by atoms with Gasteiger partial charge in [-0.05, 0) is 44.5 Å². The number of carbonyl (C=O) groups excluding carboxylic acids is 2. The van der Waals surface area contributed by atoms with Crippen molar-refractivity contribution < 1.29 is 9.59 Å². The average Bonchev–Trinajstić information content (AvgIpc) is 2.37. The number of carbonyl (C=O) groups is 2. The fourth-order valence-corrected chi connectivity index (χ4v) is 2.89. The predicted octanol–water partition coefficient (Wildman–Crippen LogP) is 2.49. The summed E-state index contributed by atoms with van der Waals surface area (Å²) in [6.07, 6.45) is 0. The van der Waals surface area contributed by atoms with Crippen molar-refractivity contribution in [3.05, 3.63) is 28.2 Å². The summed E-state index contributed by atoms with van der Waals surface area (Å²) in [5.74, 6) is -0.00611. The van der Waals surface area contributed by atoms with E-state index >= 15 is 0 Å². The molecule has 0 aliphatic rings. The Morgan fingerprint density at radius 3 is 2.70 bits per heavy atom. The lowest BCUT2D eigenvalue weighted by Crippen LogP contribution is -2.45. The number of halogens is 1. The van der Waals surface area contributed by atoms with Crippen molar-refractivity contribution in [3.8, 4) is 0 Å². The number of hydrogen-bond donors (Lipinski definition) is 2. The number of hydrogen-bond acceptors (Lipinski definition) is 3. The van der Waals surface area contributed by atoms with Crippen molar-refractivity contribution in [2.45, 2.75) is 31.7 Å². The van der Waals surface area contributed by atoms with E-state index in [4.69, 9.17) is 0 Å². The van der Waals surface area contributed by atoms with E-state index in [0.717, 1.165) is 14.9 Å². The molecule has 2 amide bonds. The van der Waals surface area contributed by atoms with Gasteiger partial charge < -0.3 is 10.6 Å². The average molecular weight is 359 g/mol. The van der Waals surface area contributed by atoms with E-state index in [-0.39, 0.29) is 11.8 Å². The van der Waals surface area contributed by atoms with Gasteiger partial charge in [0.05, 0.1) is 5.75 Å². The number of benzene rings is 1. The van der Waals surface area contributed by atoms with Crippen LogP contribution >= 0.6 is 27.7 Å². The van der Waals surface area contributed by atoms with Gasteiger partial charge in [0.25, 0.3) is 0 Å². The fraction of sp³-hybridized carbons (Fsp3) is 0.429. The van der Waals surface area contributed by atoms with Gasteiger partial charge in [-0.3, -0.25) is 9.59 Å².